The molecule has 3 aliphatic rings. The molecule has 0 aromatic heterocycles. The van der Waals surface area contributed by atoms with E-state index in [0.29, 0.717) is 11.8 Å². The molecule has 180 valence electrons. The summed E-state index contributed by atoms with van der Waals surface area (Å²) in [5.41, 5.74) is 7.37. The molecule has 2 fully saturated rings. The van der Waals surface area contributed by atoms with Crippen LogP contribution in [0.25, 0.3) is 0 Å². The Morgan fingerprint density at radius 2 is 2.06 bits per heavy atom. The highest BCUT2D eigenvalue weighted by Crippen LogP contribution is 2.71. The number of likely N-dealkylation sites (N-methyl/N-ethyl adjacent to an activating group) is 1. The van der Waals surface area contributed by atoms with Gasteiger partial charge in [0.15, 0.2) is 0 Å². The van der Waals surface area contributed by atoms with Crippen LogP contribution in [0.15, 0.2) is 82.5 Å². The number of allylic oxidation sites excluding steroid dienone is 11. The third kappa shape index (κ3) is 4.32. The van der Waals surface area contributed by atoms with Gasteiger partial charge >= 0.3 is 0 Å². The lowest BCUT2D eigenvalue weighted by Crippen LogP contribution is -2.54. The Balaban J connectivity index is 2.45. The van der Waals surface area contributed by atoms with Gasteiger partial charge < -0.3 is 5.32 Å². The fraction of sp³-hybridized carbons (Fsp3) is 0.548. The van der Waals surface area contributed by atoms with Gasteiger partial charge in [-0.3, -0.25) is 0 Å². The van der Waals surface area contributed by atoms with Crippen molar-refractivity contribution >= 4 is 11.6 Å². The van der Waals surface area contributed by atoms with E-state index in [1.54, 1.807) is 5.57 Å². The van der Waals surface area contributed by atoms with Crippen LogP contribution in [0.3, 0.4) is 0 Å². The Morgan fingerprint density at radius 3 is 2.61 bits per heavy atom. The number of alkyl halides is 1. The molecule has 33 heavy (non-hydrogen) atoms. The number of hydrogen-bond acceptors (Lipinski definition) is 1. The first-order chi connectivity index (χ1) is 15.8. The average molecular weight is 466 g/mol. The van der Waals surface area contributed by atoms with Gasteiger partial charge in [-0.15, -0.1) is 11.6 Å². The number of rotatable bonds is 7. The van der Waals surface area contributed by atoms with Crippen LogP contribution in [-0.2, 0) is 0 Å². The van der Waals surface area contributed by atoms with Crippen LogP contribution in [0.2, 0.25) is 0 Å². The van der Waals surface area contributed by atoms with Crippen LogP contribution in [0.5, 0.6) is 0 Å². The van der Waals surface area contributed by atoms with Crippen LogP contribution < -0.4 is 5.32 Å². The molecule has 0 aromatic rings. The highest BCUT2D eigenvalue weighted by Gasteiger charge is 2.69. The number of fused-ring (bicyclic) bond motifs is 1. The maximum absolute atomic E-state index is 6.62. The van der Waals surface area contributed by atoms with Gasteiger partial charge in [-0.05, 0) is 95.4 Å². The van der Waals surface area contributed by atoms with Crippen LogP contribution in [0, 0.1) is 17.3 Å². The Hall–Kier alpha value is -1.57. The first kappa shape index (κ1) is 26.0. The van der Waals surface area contributed by atoms with E-state index < -0.39 is 0 Å². The summed E-state index contributed by atoms with van der Waals surface area (Å²) in [5, 5.41) is 3.99. The van der Waals surface area contributed by atoms with Crippen molar-refractivity contribution in [2.75, 3.05) is 7.05 Å². The monoisotopic (exact) mass is 465 g/mol. The van der Waals surface area contributed by atoms with E-state index in [2.05, 4.69) is 109 Å². The van der Waals surface area contributed by atoms with E-state index in [1.807, 2.05) is 0 Å². The lowest BCUT2D eigenvalue weighted by molar-refractivity contribution is 0.192. The second-order valence-electron chi connectivity index (χ2n) is 10.2. The summed E-state index contributed by atoms with van der Waals surface area (Å²) >= 11 is 6.62. The predicted molar refractivity (Wildman–Crippen MR) is 147 cm³/mol. The van der Waals surface area contributed by atoms with Gasteiger partial charge in [-0.25, -0.2) is 0 Å². The molecule has 3 rings (SSSR count). The molecule has 2 heteroatoms. The fourth-order valence-electron chi connectivity index (χ4n) is 7.29. The number of nitrogens with one attached hydrogen (secondary N) is 1. The predicted octanol–water partition coefficient (Wildman–Crippen LogP) is 8.63. The lowest BCUT2D eigenvalue weighted by Gasteiger charge is -2.47. The topological polar surface area (TPSA) is 12.0 Å². The van der Waals surface area contributed by atoms with Crippen LogP contribution in [0.1, 0.15) is 73.6 Å². The number of hydrogen-bond donors (Lipinski definition) is 1. The van der Waals surface area contributed by atoms with Crippen molar-refractivity contribution in [1.29, 1.82) is 0 Å². The first-order valence-corrected chi connectivity index (χ1v) is 13.3. The highest BCUT2D eigenvalue weighted by molar-refractivity contribution is 6.21. The number of halogens is 1. The summed E-state index contributed by atoms with van der Waals surface area (Å²) in [6, 6.07) is 0. The Bertz CT molecular complexity index is 938. The van der Waals surface area contributed by atoms with Gasteiger partial charge in [-0.1, -0.05) is 79.7 Å². The Labute approximate surface area is 208 Å². The summed E-state index contributed by atoms with van der Waals surface area (Å²) in [6.45, 7) is 13.5. The van der Waals surface area contributed by atoms with Crippen molar-refractivity contribution in [2.24, 2.45) is 17.3 Å². The zero-order valence-corrected chi connectivity index (χ0v) is 22.6. The van der Waals surface area contributed by atoms with Gasteiger partial charge in [-0.2, -0.15) is 0 Å². The van der Waals surface area contributed by atoms with Gasteiger partial charge in [0.1, 0.15) is 0 Å². The van der Waals surface area contributed by atoms with E-state index in [0.717, 1.165) is 32.1 Å². The largest absolute Gasteiger partial charge is 0.310 e. The van der Waals surface area contributed by atoms with E-state index in [-0.39, 0.29) is 16.3 Å². The van der Waals surface area contributed by atoms with Crippen molar-refractivity contribution in [2.45, 2.75) is 84.6 Å². The van der Waals surface area contributed by atoms with Crippen molar-refractivity contribution in [3.8, 4) is 0 Å². The highest BCUT2D eigenvalue weighted by atomic mass is 35.5. The summed E-state index contributed by atoms with van der Waals surface area (Å²) in [7, 11) is 2.19. The lowest BCUT2D eigenvalue weighted by atomic mass is 9.60. The molecule has 5 unspecified atom stereocenters. The van der Waals surface area contributed by atoms with Crippen molar-refractivity contribution in [3.63, 3.8) is 0 Å². The molecule has 1 N–H and O–H groups in total. The maximum Gasteiger partial charge on any atom is 0.0544 e. The van der Waals surface area contributed by atoms with Crippen LogP contribution >= 0.6 is 11.6 Å². The molecule has 0 amide bonds. The van der Waals surface area contributed by atoms with Crippen molar-refractivity contribution < 1.29 is 0 Å². The van der Waals surface area contributed by atoms with Gasteiger partial charge in [0, 0.05) is 10.8 Å². The summed E-state index contributed by atoms with van der Waals surface area (Å²) in [4.78, 5) is 0. The second kappa shape index (κ2) is 10.8. The van der Waals surface area contributed by atoms with E-state index in [9.17, 15) is 0 Å². The van der Waals surface area contributed by atoms with E-state index >= 15 is 0 Å². The van der Waals surface area contributed by atoms with Crippen LogP contribution in [0.4, 0.5) is 0 Å². The fourth-order valence-corrected chi connectivity index (χ4v) is 7.44. The third-order valence-electron chi connectivity index (χ3n) is 8.30. The molecular formula is C31H44ClN. The van der Waals surface area contributed by atoms with Crippen molar-refractivity contribution in [3.05, 3.63) is 82.5 Å². The smallest absolute Gasteiger partial charge is 0.0544 e. The van der Waals surface area contributed by atoms with Gasteiger partial charge in [0.05, 0.1) is 5.54 Å². The maximum atomic E-state index is 6.62. The minimum Gasteiger partial charge on any atom is -0.310 e. The van der Waals surface area contributed by atoms with Crippen molar-refractivity contribution in [1.82, 2.24) is 5.32 Å². The molecule has 0 heterocycles. The summed E-state index contributed by atoms with van der Waals surface area (Å²) in [6.07, 6.45) is 26.2. The van der Waals surface area contributed by atoms with E-state index in [1.165, 1.54) is 22.3 Å². The zero-order chi connectivity index (χ0) is 24.2. The molecule has 3 aliphatic carbocycles. The first-order valence-electron chi connectivity index (χ1n) is 12.9. The minimum atomic E-state index is -0.107. The molecule has 0 saturated heterocycles. The standard InChI is InChI=1S/C31H44ClN/c1-8-11-18-27(15-9-2)30-21-26(19-24(6)32)29(22(4)10-3)31(30,33-7)20-23(5)28(30)25-16-13-12-14-17-25/h8-9,11-13,15-16,18-19,23-24,28,33H,10,14,17,20-21H2,1-7H3/b11-8+,15-9-,26-19-,27-18+,29-22-. The molecule has 0 bridgehead atoms. The van der Waals surface area contributed by atoms with Gasteiger partial charge in [0.2, 0.25) is 0 Å². The molecule has 5 atom stereocenters. The summed E-state index contributed by atoms with van der Waals surface area (Å²) in [5.74, 6) is 1.07. The van der Waals surface area contributed by atoms with Gasteiger partial charge in [0.25, 0.3) is 0 Å². The molecular weight excluding hydrogens is 422 g/mol. The zero-order valence-electron chi connectivity index (χ0n) is 21.8. The SMILES string of the molecule is C\C=C/C(=C\C=C\C)C12CC(=C/C(C)Cl)/C(=C(\C)CC)C1(NC)CC(C)C2C1=CC=CCC1. The molecule has 1 nitrogen and oxygen atoms in total. The molecule has 2 saturated carbocycles. The third-order valence-corrected chi connectivity index (χ3v) is 8.42. The molecule has 0 radical (unpaired) electrons. The minimum absolute atomic E-state index is 0.0156. The molecule has 0 spiro atoms. The Morgan fingerprint density at radius 1 is 1.30 bits per heavy atom. The quantitative estimate of drug-likeness (QED) is 0.293. The molecule has 0 aliphatic heterocycles. The van der Waals surface area contributed by atoms with Crippen LogP contribution in [-0.4, -0.2) is 18.0 Å². The second-order valence-corrected chi connectivity index (χ2v) is 10.9. The summed E-state index contributed by atoms with van der Waals surface area (Å²) < 4.78 is 0. The normalized spacial score (nSPS) is 36.2. The Kier molecular flexibility index (Phi) is 8.51. The molecule has 0 aromatic carbocycles. The van der Waals surface area contributed by atoms with E-state index in [4.69, 9.17) is 11.6 Å². The average Bonchev–Trinajstić information content (AvgIpc) is 3.20.